The van der Waals surface area contributed by atoms with Crippen molar-refractivity contribution in [3.05, 3.63) is 30.5 Å². The Balaban J connectivity index is 1.41. The molecule has 2 aromatic rings. The van der Waals surface area contributed by atoms with Crippen LogP contribution in [0.25, 0.3) is 10.9 Å². The van der Waals surface area contributed by atoms with Crippen molar-refractivity contribution in [2.45, 2.75) is 6.42 Å². The smallest absolute Gasteiger partial charge is 0.313 e. The first-order valence-electron chi connectivity index (χ1n) is 8.69. The Morgan fingerprint density at radius 3 is 2.72 bits per heavy atom. The lowest BCUT2D eigenvalue weighted by molar-refractivity contribution is -0.136. The highest BCUT2D eigenvalue weighted by Gasteiger charge is 2.16. The molecule has 0 atom stereocenters. The van der Waals surface area contributed by atoms with Crippen LogP contribution in [0, 0.1) is 0 Å². The monoisotopic (exact) mass is 343 g/mol. The molecule has 2 heterocycles. The van der Waals surface area contributed by atoms with E-state index in [1.54, 1.807) is 12.3 Å². The van der Waals surface area contributed by atoms with Gasteiger partial charge in [-0.05, 0) is 38.2 Å². The van der Waals surface area contributed by atoms with Crippen LogP contribution in [0.2, 0.25) is 0 Å². The highest BCUT2D eigenvalue weighted by atomic mass is 16.2. The molecule has 1 aromatic heterocycles. The van der Waals surface area contributed by atoms with Crippen molar-refractivity contribution in [3.8, 4) is 0 Å². The summed E-state index contributed by atoms with van der Waals surface area (Å²) in [6, 6.07) is 7.42. The van der Waals surface area contributed by atoms with Gasteiger partial charge in [-0.3, -0.25) is 9.59 Å². The summed E-state index contributed by atoms with van der Waals surface area (Å²) in [6.45, 7) is 5.74. The normalized spacial score (nSPS) is 16.0. The summed E-state index contributed by atoms with van der Waals surface area (Å²) in [4.78, 5) is 31.8. The maximum Gasteiger partial charge on any atom is 0.313 e. The van der Waals surface area contributed by atoms with E-state index in [1.165, 1.54) is 0 Å². The minimum Gasteiger partial charge on any atom is -0.361 e. The SMILES string of the molecule is CN1CCN(CCCNC(=O)C(=O)Nc2cccc3[nH]ccc23)CC1. The number of fused-ring (bicyclic) bond motifs is 1. The number of likely N-dealkylation sites (N-methyl/N-ethyl adjacent to an activating group) is 1. The number of hydrogen-bond acceptors (Lipinski definition) is 4. The summed E-state index contributed by atoms with van der Waals surface area (Å²) in [5, 5.41) is 6.26. The van der Waals surface area contributed by atoms with Gasteiger partial charge in [-0.25, -0.2) is 0 Å². The Bertz CT molecular complexity index is 734. The standard InChI is InChI=1S/C18H25N5O2/c1-22-10-12-23(13-11-22)9-3-7-20-17(24)18(25)21-16-5-2-4-15-14(16)6-8-19-15/h2,4-6,8,19H,3,7,9-13H2,1H3,(H,20,24)(H,21,25). The molecule has 0 unspecified atom stereocenters. The zero-order valence-corrected chi connectivity index (χ0v) is 14.5. The molecule has 3 N–H and O–H groups in total. The first-order chi connectivity index (χ1) is 12.1. The van der Waals surface area contributed by atoms with Crippen LogP contribution >= 0.6 is 0 Å². The van der Waals surface area contributed by atoms with Crippen LogP contribution in [-0.4, -0.2) is 72.9 Å². The van der Waals surface area contributed by atoms with Gasteiger partial charge in [-0.15, -0.1) is 0 Å². The second-order valence-electron chi connectivity index (χ2n) is 6.45. The first kappa shape index (κ1) is 17.4. The number of anilines is 1. The quantitative estimate of drug-likeness (QED) is 0.556. The molecule has 25 heavy (non-hydrogen) atoms. The molecule has 7 nitrogen and oxygen atoms in total. The van der Waals surface area contributed by atoms with Gasteiger partial charge < -0.3 is 25.4 Å². The topological polar surface area (TPSA) is 80.5 Å². The number of carbonyl (C=O) groups is 2. The van der Waals surface area contributed by atoms with Crippen molar-refractivity contribution in [2.75, 3.05) is 51.6 Å². The number of benzene rings is 1. The summed E-state index contributed by atoms with van der Waals surface area (Å²) in [5.41, 5.74) is 1.56. The fourth-order valence-electron chi connectivity index (χ4n) is 3.03. The summed E-state index contributed by atoms with van der Waals surface area (Å²) in [5.74, 6) is -1.22. The molecule has 1 aliphatic heterocycles. The van der Waals surface area contributed by atoms with Gasteiger partial charge in [0.2, 0.25) is 0 Å². The molecule has 1 aromatic carbocycles. The molecule has 0 radical (unpaired) electrons. The Labute approximate surface area is 147 Å². The number of carbonyl (C=O) groups excluding carboxylic acids is 2. The molecule has 3 rings (SSSR count). The average molecular weight is 343 g/mol. The van der Waals surface area contributed by atoms with Crippen molar-refractivity contribution in [1.82, 2.24) is 20.1 Å². The fourth-order valence-corrected chi connectivity index (χ4v) is 3.03. The lowest BCUT2D eigenvalue weighted by Gasteiger charge is -2.32. The van der Waals surface area contributed by atoms with Crippen LogP contribution < -0.4 is 10.6 Å². The number of aromatic amines is 1. The van der Waals surface area contributed by atoms with E-state index in [4.69, 9.17) is 0 Å². The third-order valence-corrected chi connectivity index (χ3v) is 4.58. The minimum absolute atomic E-state index is 0.507. The Morgan fingerprint density at radius 2 is 1.92 bits per heavy atom. The molecule has 1 fully saturated rings. The average Bonchev–Trinajstić information content (AvgIpc) is 3.10. The van der Waals surface area contributed by atoms with E-state index in [-0.39, 0.29) is 0 Å². The van der Waals surface area contributed by atoms with E-state index in [0.717, 1.165) is 50.0 Å². The van der Waals surface area contributed by atoms with Gasteiger partial charge in [-0.1, -0.05) is 6.07 Å². The van der Waals surface area contributed by atoms with E-state index in [1.807, 2.05) is 18.2 Å². The molecule has 0 bridgehead atoms. The molecule has 1 aliphatic rings. The first-order valence-corrected chi connectivity index (χ1v) is 8.69. The van der Waals surface area contributed by atoms with Crippen molar-refractivity contribution in [1.29, 1.82) is 0 Å². The summed E-state index contributed by atoms with van der Waals surface area (Å²) < 4.78 is 0. The molecule has 1 saturated heterocycles. The van der Waals surface area contributed by atoms with Crippen LogP contribution in [0.5, 0.6) is 0 Å². The second-order valence-corrected chi connectivity index (χ2v) is 6.45. The molecular formula is C18H25N5O2. The number of amides is 2. The molecule has 134 valence electrons. The second kappa shape index (κ2) is 8.13. The Hall–Kier alpha value is -2.38. The van der Waals surface area contributed by atoms with E-state index in [9.17, 15) is 9.59 Å². The minimum atomic E-state index is -0.631. The van der Waals surface area contributed by atoms with Gasteiger partial charge in [0.05, 0.1) is 5.69 Å². The van der Waals surface area contributed by atoms with Crippen LogP contribution in [-0.2, 0) is 9.59 Å². The maximum absolute atomic E-state index is 12.1. The van der Waals surface area contributed by atoms with Gasteiger partial charge in [0, 0.05) is 49.8 Å². The zero-order chi connectivity index (χ0) is 17.6. The Kier molecular flexibility index (Phi) is 5.67. The van der Waals surface area contributed by atoms with Gasteiger partial charge in [0.25, 0.3) is 0 Å². The highest BCUT2D eigenvalue weighted by Crippen LogP contribution is 2.21. The molecule has 0 saturated carbocycles. The number of nitrogens with one attached hydrogen (secondary N) is 3. The van der Waals surface area contributed by atoms with Crippen LogP contribution in [0.4, 0.5) is 5.69 Å². The van der Waals surface area contributed by atoms with Crippen molar-refractivity contribution >= 4 is 28.4 Å². The van der Waals surface area contributed by atoms with Crippen molar-refractivity contribution in [2.24, 2.45) is 0 Å². The summed E-state index contributed by atoms with van der Waals surface area (Å²) in [7, 11) is 2.13. The van der Waals surface area contributed by atoms with Gasteiger partial charge in [0.1, 0.15) is 0 Å². The van der Waals surface area contributed by atoms with Crippen LogP contribution in [0.1, 0.15) is 6.42 Å². The number of piperazine rings is 1. The van der Waals surface area contributed by atoms with Crippen molar-refractivity contribution < 1.29 is 9.59 Å². The third-order valence-electron chi connectivity index (χ3n) is 4.58. The van der Waals surface area contributed by atoms with E-state index in [0.29, 0.717) is 12.2 Å². The number of H-pyrrole nitrogens is 1. The predicted octanol–water partition coefficient (Wildman–Crippen LogP) is 0.860. The lowest BCUT2D eigenvalue weighted by atomic mass is 10.2. The van der Waals surface area contributed by atoms with Crippen LogP contribution in [0.15, 0.2) is 30.5 Å². The molecular weight excluding hydrogens is 318 g/mol. The van der Waals surface area contributed by atoms with Crippen molar-refractivity contribution in [3.63, 3.8) is 0 Å². The fraction of sp³-hybridized carbons (Fsp3) is 0.444. The lowest BCUT2D eigenvalue weighted by Crippen LogP contribution is -2.45. The molecule has 7 heteroatoms. The van der Waals surface area contributed by atoms with Gasteiger partial charge >= 0.3 is 11.8 Å². The van der Waals surface area contributed by atoms with E-state index >= 15 is 0 Å². The van der Waals surface area contributed by atoms with E-state index in [2.05, 4.69) is 32.5 Å². The van der Waals surface area contributed by atoms with Gasteiger partial charge in [0.15, 0.2) is 0 Å². The zero-order valence-electron chi connectivity index (χ0n) is 14.5. The third kappa shape index (κ3) is 4.58. The van der Waals surface area contributed by atoms with Crippen LogP contribution in [0.3, 0.4) is 0 Å². The highest BCUT2D eigenvalue weighted by molar-refractivity contribution is 6.40. The maximum atomic E-state index is 12.1. The summed E-state index contributed by atoms with van der Waals surface area (Å²) >= 11 is 0. The molecule has 0 aliphatic carbocycles. The number of aromatic nitrogens is 1. The van der Waals surface area contributed by atoms with E-state index < -0.39 is 11.8 Å². The molecule has 0 spiro atoms. The largest absolute Gasteiger partial charge is 0.361 e. The van der Waals surface area contributed by atoms with Gasteiger partial charge in [-0.2, -0.15) is 0 Å². The summed E-state index contributed by atoms with van der Waals surface area (Å²) in [6.07, 6.45) is 2.65. The number of rotatable bonds is 5. The number of nitrogens with zero attached hydrogens (tertiary/aromatic N) is 2. The predicted molar refractivity (Wildman–Crippen MR) is 98.5 cm³/mol. The number of hydrogen-bond donors (Lipinski definition) is 3. The Morgan fingerprint density at radius 1 is 1.12 bits per heavy atom. The molecule has 2 amide bonds.